The number of ether oxygens (including phenoxy) is 4. The van der Waals surface area contributed by atoms with Crippen LogP contribution in [0.3, 0.4) is 0 Å². The zero-order chi connectivity index (χ0) is 31.5. The molecule has 2 atom stereocenters. The van der Waals surface area contributed by atoms with E-state index in [1.54, 1.807) is 66.0 Å². The third-order valence-corrected chi connectivity index (χ3v) is 9.75. The molecule has 0 aromatic heterocycles. The fourth-order valence-electron chi connectivity index (χ4n) is 6.41. The van der Waals surface area contributed by atoms with Gasteiger partial charge in [0.15, 0.2) is 22.5 Å². The van der Waals surface area contributed by atoms with Crippen molar-refractivity contribution in [1.82, 2.24) is 0 Å². The molecule has 0 spiro atoms. The SMILES string of the molecule is CC(C)(C)OC(=O)C12CC3CC(CC(OC(=O)C(=O)Oc4c(I)cc(I)cc4C(=O)OCC(F)(F)S(=O)(=O)[O-])(C3)C1)C2. The fourth-order valence-corrected chi connectivity index (χ4v) is 8.57. The standard InChI is InChI=1S/C26H28F2I2O11S/c1-23(2,3)41-22(34)24-7-13-4-14(8-24)10-25(9-13,11-24)40-21(33)20(32)39-18-16(5-15(29)6-17(18)30)19(31)38-12-26(27,28)42(35,36)37/h5-6,13-14H,4,7-12H2,1-3H3,(H,35,36,37)/p-1. The van der Waals surface area contributed by atoms with E-state index in [2.05, 4.69) is 4.74 Å². The minimum absolute atomic E-state index is 0.0946. The van der Waals surface area contributed by atoms with Gasteiger partial charge in [-0.1, -0.05) is 0 Å². The van der Waals surface area contributed by atoms with Gasteiger partial charge in [0.25, 0.3) is 0 Å². The Morgan fingerprint density at radius 2 is 1.62 bits per heavy atom. The molecule has 42 heavy (non-hydrogen) atoms. The van der Waals surface area contributed by atoms with Gasteiger partial charge in [0.05, 0.1) is 8.99 Å². The number of alkyl halides is 2. The largest absolute Gasteiger partial charge is 0.743 e. The summed E-state index contributed by atoms with van der Waals surface area (Å²) in [6.07, 6.45) is 3.18. The van der Waals surface area contributed by atoms with E-state index < -0.39 is 67.8 Å². The van der Waals surface area contributed by atoms with E-state index in [1.165, 1.54) is 6.07 Å². The average Bonchev–Trinajstić information content (AvgIpc) is 2.81. The van der Waals surface area contributed by atoms with Crippen LogP contribution >= 0.6 is 45.2 Å². The third-order valence-electron chi connectivity index (χ3n) is 7.48. The number of hydrogen-bond donors (Lipinski definition) is 0. The molecule has 11 nitrogen and oxygen atoms in total. The zero-order valence-corrected chi connectivity index (χ0v) is 27.8. The van der Waals surface area contributed by atoms with Crippen LogP contribution in [-0.4, -0.2) is 59.9 Å². The summed E-state index contributed by atoms with van der Waals surface area (Å²) < 4.78 is 80.7. The van der Waals surface area contributed by atoms with Gasteiger partial charge < -0.3 is 23.5 Å². The summed E-state index contributed by atoms with van der Waals surface area (Å²) in [4.78, 5) is 51.8. The normalized spacial score (nSPS) is 26.9. The second-order valence-electron chi connectivity index (χ2n) is 12.1. The van der Waals surface area contributed by atoms with Crippen LogP contribution in [0.1, 0.15) is 69.7 Å². The summed E-state index contributed by atoms with van der Waals surface area (Å²) in [5.74, 6) is -5.07. The second-order valence-corrected chi connectivity index (χ2v) is 16.1. The van der Waals surface area contributed by atoms with Crippen molar-refractivity contribution in [2.45, 2.75) is 75.8 Å². The van der Waals surface area contributed by atoms with Gasteiger partial charge in [0.1, 0.15) is 16.8 Å². The maximum Gasteiger partial charge on any atom is 0.422 e. The Bertz CT molecular complexity index is 1420. The molecule has 4 fully saturated rings. The number of benzene rings is 1. The molecule has 1 aromatic carbocycles. The molecule has 2 unspecified atom stereocenters. The quantitative estimate of drug-likeness (QED) is 0.0961. The van der Waals surface area contributed by atoms with E-state index >= 15 is 0 Å². The lowest BCUT2D eigenvalue weighted by Gasteiger charge is -2.59. The van der Waals surface area contributed by atoms with Crippen LogP contribution in [0.5, 0.6) is 5.75 Å². The highest BCUT2D eigenvalue weighted by atomic mass is 127. The summed E-state index contributed by atoms with van der Waals surface area (Å²) in [5.41, 5.74) is -3.21. The van der Waals surface area contributed by atoms with E-state index in [0.717, 1.165) is 12.5 Å². The van der Waals surface area contributed by atoms with Crippen LogP contribution in [0.4, 0.5) is 8.78 Å². The van der Waals surface area contributed by atoms with E-state index in [4.69, 9.17) is 14.2 Å². The molecular formula is C26H27F2I2O11S-. The smallest absolute Gasteiger partial charge is 0.422 e. The number of esters is 4. The van der Waals surface area contributed by atoms with E-state index in [-0.39, 0.29) is 27.8 Å². The summed E-state index contributed by atoms with van der Waals surface area (Å²) in [5, 5.41) is -4.90. The lowest BCUT2D eigenvalue weighted by atomic mass is 9.48. The number of carbonyl (C=O) groups is 4. The van der Waals surface area contributed by atoms with Crippen molar-refractivity contribution in [2.75, 3.05) is 6.61 Å². The Labute approximate surface area is 267 Å². The number of rotatable bonds is 7. The minimum atomic E-state index is -6.12. The number of carbonyl (C=O) groups excluding carboxylic acids is 4. The summed E-state index contributed by atoms with van der Waals surface area (Å²) in [6.45, 7) is 3.24. The Kier molecular flexibility index (Phi) is 8.98. The zero-order valence-electron chi connectivity index (χ0n) is 22.7. The van der Waals surface area contributed by atoms with Crippen molar-refractivity contribution < 1.29 is 59.9 Å². The topological polar surface area (TPSA) is 162 Å². The van der Waals surface area contributed by atoms with Crippen molar-refractivity contribution >= 4 is 79.2 Å². The van der Waals surface area contributed by atoms with Crippen LogP contribution < -0.4 is 4.74 Å². The monoisotopic (exact) mass is 839 g/mol. The lowest BCUT2D eigenvalue weighted by Crippen LogP contribution is -2.60. The molecular weight excluding hydrogens is 812 g/mol. The van der Waals surface area contributed by atoms with Gasteiger partial charge in [-0.15, -0.1) is 0 Å². The molecule has 4 aliphatic rings. The van der Waals surface area contributed by atoms with Gasteiger partial charge >= 0.3 is 29.1 Å². The summed E-state index contributed by atoms with van der Waals surface area (Å²) >= 11 is 3.46. The highest BCUT2D eigenvalue weighted by molar-refractivity contribution is 14.1. The molecule has 4 aliphatic carbocycles. The van der Waals surface area contributed by atoms with Crippen molar-refractivity contribution in [3.05, 3.63) is 24.8 Å². The maximum atomic E-state index is 13.5. The highest BCUT2D eigenvalue weighted by Crippen LogP contribution is 2.63. The molecule has 4 bridgehead atoms. The Balaban J connectivity index is 1.51. The van der Waals surface area contributed by atoms with Crippen molar-refractivity contribution in [3.63, 3.8) is 0 Å². The van der Waals surface area contributed by atoms with E-state index in [1.807, 2.05) is 0 Å². The Hall–Kier alpha value is -1.67. The number of halogens is 4. The first-order valence-corrected chi connectivity index (χ1v) is 16.4. The van der Waals surface area contributed by atoms with E-state index in [9.17, 15) is 40.9 Å². The molecule has 0 saturated heterocycles. The van der Waals surface area contributed by atoms with Crippen molar-refractivity contribution in [1.29, 1.82) is 0 Å². The molecule has 16 heteroatoms. The summed E-state index contributed by atoms with van der Waals surface area (Å²) in [7, 11) is -6.12. The lowest BCUT2D eigenvalue weighted by molar-refractivity contribution is -0.218. The second kappa shape index (κ2) is 11.4. The van der Waals surface area contributed by atoms with Crippen LogP contribution in [0.2, 0.25) is 0 Å². The van der Waals surface area contributed by atoms with Crippen LogP contribution in [0.15, 0.2) is 12.1 Å². The van der Waals surface area contributed by atoms with Crippen LogP contribution in [-0.2, 0) is 38.7 Å². The molecule has 0 radical (unpaired) electrons. The van der Waals surface area contributed by atoms with E-state index in [0.29, 0.717) is 29.3 Å². The van der Waals surface area contributed by atoms with Gasteiger partial charge in [-0.05, 0) is 122 Å². The maximum absolute atomic E-state index is 13.5. The fraction of sp³-hybridized carbons (Fsp3) is 0.615. The van der Waals surface area contributed by atoms with Crippen LogP contribution in [0, 0.1) is 24.4 Å². The van der Waals surface area contributed by atoms with Gasteiger partial charge in [0.2, 0.25) is 0 Å². The Morgan fingerprint density at radius 3 is 2.17 bits per heavy atom. The third kappa shape index (κ3) is 7.00. The molecule has 4 saturated carbocycles. The van der Waals surface area contributed by atoms with Gasteiger partial charge in [-0.25, -0.2) is 22.8 Å². The Morgan fingerprint density at radius 1 is 1.02 bits per heavy atom. The first-order valence-electron chi connectivity index (χ1n) is 12.8. The van der Waals surface area contributed by atoms with Gasteiger partial charge in [-0.2, -0.15) is 8.78 Å². The molecule has 1 aromatic rings. The molecule has 0 heterocycles. The molecule has 0 amide bonds. The van der Waals surface area contributed by atoms with Gasteiger partial charge in [0, 0.05) is 9.99 Å². The molecule has 0 aliphatic heterocycles. The predicted octanol–water partition coefficient (Wildman–Crippen LogP) is 4.32. The molecule has 232 valence electrons. The first kappa shape index (κ1) is 33.2. The summed E-state index contributed by atoms with van der Waals surface area (Å²) in [6, 6.07) is 2.55. The molecule has 0 N–H and O–H groups in total. The van der Waals surface area contributed by atoms with Crippen LogP contribution in [0.25, 0.3) is 0 Å². The molecule has 5 rings (SSSR count). The van der Waals surface area contributed by atoms with Crippen molar-refractivity contribution in [2.24, 2.45) is 17.3 Å². The number of hydrogen-bond acceptors (Lipinski definition) is 11. The average molecular weight is 839 g/mol. The highest BCUT2D eigenvalue weighted by Gasteiger charge is 2.63. The minimum Gasteiger partial charge on any atom is -0.743 e. The first-order chi connectivity index (χ1) is 19.1. The predicted molar refractivity (Wildman–Crippen MR) is 154 cm³/mol. The van der Waals surface area contributed by atoms with Crippen molar-refractivity contribution in [3.8, 4) is 5.75 Å². The van der Waals surface area contributed by atoms with Gasteiger partial charge in [-0.3, -0.25) is 4.79 Å².